The van der Waals surface area contributed by atoms with Crippen LogP contribution in [0.15, 0.2) is 30.3 Å². The van der Waals surface area contributed by atoms with Crippen LogP contribution in [-0.4, -0.2) is 77.8 Å². The van der Waals surface area contributed by atoms with Gasteiger partial charge in [0.2, 0.25) is 0 Å². The predicted molar refractivity (Wildman–Crippen MR) is 184 cm³/mol. The Hall–Kier alpha value is -1.84. The zero-order valence-electron chi connectivity index (χ0n) is 30.6. The van der Waals surface area contributed by atoms with Gasteiger partial charge in [-0.15, -0.1) is 0 Å². The second-order valence-electron chi connectivity index (χ2n) is 18.6. The molecule has 7 aliphatic rings. The Morgan fingerprint density at radius 2 is 1.78 bits per heavy atom. The van der Waals surface area contributed by atoms with E-state index >= 15 is 0 Å². The predicted octanol–water partition coefficient (Wildman–Crippen LogP) is 6.32. The average Bonchev–Trinajstić information content (AvgIpc) is 3.66. The quantitative estimate of drug-likeness (QED) is 0.336. The fourth-order valence-electron chi connectivity index (χ4n) is 13.2. The van der Waals surface area contributed by atoms with Crippen molar-refractivity contribution in [3.63, 3.8) is 0 Å². The van der Waals surface area contributed by atoms with Gasteiger partial charge in [0.15, 0.2) is 18.2 Å². The molecule has 49 heavy (non-hydrogen) atoms. The molecule has 1 N–H and O–H groups in total. The number of esters is 1. The molecule has 0 amide bonds. The number of benzene rings is 1. The maximum absolute atomic E-state index is 14.6. The van der Waals surface area contributed by atoms with Crippen molar-refractivity contribution in [1.29, 1.82) is 0 Å². The summed E-state index contributed by atoms with van der Waals surface area (Å²) in [4.78, 5) is 29.0. The van der Waals surface area contributed by atoms with Crippen molar-refractivity contribution < 1.29 is 33.6 Å². The summed E-state index contributed by atoms with van der Waals surface area (Å²) in [5.41, 5.74) is 0.577. The lowest BCUT2D eigenvalue weighted by Gasteiger charge is -2.59. The number of rotatable bonds is 7. The molecule has 0 aromatic heterocycles. The third-order valence-corrected chi connectivity index (χ3v) is 15.3. The summed E-state index contributed by atoms with van der Waals surface area (Å²) in [5.74, 6) is 1.04. The van der Waals surface area contributed by atoms with Crippen molar-refractivity contribution in [1.82, 2.24) is 4.90 Å². The topological polar surface area (TPSA) is 94.5 Å². The fraction of sp³-hybridized carbons (Fsp3) is 0.805. The molecule has 2 spiro atoms. The van der Waals surface area contributed by atoms with E-state index in [-0.39, 0.29) is 46.3 Å². The van der Waals surface area contributed by atoms with Crippen LogP contribution in [0.2, 0.25) is 0 Å². The van der Waals surface area contributed by atoms with Crippen LogP contribution in [0.5, 0.6) is 0 Å². The lowest BCUT2D eigenvalue weighted by molar-refractivity contribution is -0.245. The van der Waals surface area contributed by atoms with Crippen LogP contribution in [0.1, 0.15) is 105 Å². The molecule has 1 aromatic carbocycles. The molecule has 1 aromatic rings. The molecule has 0 bridgehead atoms. The molecule has 11 unspecified atom stereocenters. The zero-order chi connectivity index (χ0) is 34.6. The van der Waals surface area contributed by atoms with Crippen molar-refractivity contribution in [3.05, 3.63) is 35.9 Å². The first-order valence-electron chi connectivity index (χ1n) is 19.3. The van der Waals surface area contributed by atoms with Gasteiger partial charge in [-0.1, -0.05) is 51.1 Å². The largest absolute Gasteiger partial charge is 0.457 e. The van der Waals surface area contributed by atoms with E-state index in [0.29, 0.717) is 30.3 Å². The van der Waals surface area contributed by atoms with Gasteiger partial charge in [-0.3, -0.25) is 14.5 Å². The third kappa shape index (κ3) is 5.31. The molecule has 7 fully saturated rings. The van der Waals surface area contributed by atoms with Crippen LogP contribution in [0.4, 0.5) is 0 Å². The first-order valence-corrected chi connectivity index (χ1v) is 19.3. The van der Waals surface area contributed by atoms with Crippen LogP contribution in [-0.2, 0) is 35.1 Å². The van der Waals surface area contributed by atoms with E-state index in [2.05, 4.69) is 56.0 Å². The van der Waals surface area contributed by atoms with Crippen molar-refractivity contribution in [2.24, 2.45) is 45.3 Å². The van der Waals surface area contributed by atoms with Gasteiger partial charge in [-0.05, 0) is 117 Å². The normalized spacial score (nSPS) is 44.8. The molecule has 0 radical (unpaired) electrons. The van der Waals surface area contributed by atoms with Crippen LogP contribution in [0.3, 0.4) is 0 Å². The van der Waals surface area contributed by atoms with E-state index < -0.39 is 29.9 Å². The molecular weight excluding hydrogens is 618 g/mol. The Labute approximate surface area is 292 Å². The molecule has 5 aliphatic carbocycles. The lowest BCUT2D eigenvalue weighted by Crippen LogP contribution is -2.56. The maximum Gasteiger partial charge on any atom is 0.303 e. The van der Waals surface area contributed by atoms with E-state index in [0.717, 1.165) is 51.7 Å². The number of morpholine rings is 1. The number of ketones is 1. The van der Waals surface area contributed by atoms with Crippen molar-refractivity contribution in [3.8, 4) is 0 Å². The molecular formula is C41H59NO7. The standard InChI is InChI=1S/C41H59NO7/c1-25(43)47-36(38(4,5)45)29-14-12-28-35(48-29)34(44)33-27-13-15-30-37(2,3)31(16-17-41(30)24-40(27,41)19-18-39(28,33)6)49-32-23-42(20-21-46-32)22-26-10-8-7-9-11-26/h7-11,27-33,35-36,45H,12-24H2,1-6H3/t27?,28?,29?,30?,31?,32?,33?,35-,36?,39?,40?,41?/m1/s1. The van der Waals surface area contributed by atoms with Crippen LogP contribution < -0.4 is 0 Å². The number of ether oxygens (including phenoxy) is 4. The van der Waals surface area contributed by atoms with Gasteiger partial charge in [0.25, 0.3) is 0 Å². The summed E-state index contributed by atoms with van der Waals surface area (Å²) in [5, 5.41) is 10.9. The first-order chi connectivity index (χ1) is 23.2. The molecule has 8 heteroatoms. The minimum Gasteiger partial charge on any atom is -0.457 e. The Kier molecular flexibility index (Phi) is 8.28. The molecule has 8 rings (SSSR count). The SMILES string of the molecule is CC(=O)OC(C1CCC2[C@@H](O1)C(=O)C1C3CCC4C(C)(C)C(OC5CN(Cc6ccccc6)CCO5)CCC45CC35CCC12C)C(C)(C)O. The summed E-state index contributed by atoms with van der Waals surface area (Å²) in [6, 6.07) is 10.7. The van der Waals surface area contributed by atoms with Gasteiger partial charge < -0.3 is 24.1 Å². The molecule has 2 saturated heterocycles. The Balaban J connectivity index is 0.968. The van der Waals surface area contributed by atoms with Gasteiger partial charge in [-0.25, -0.2) is 0 Å². The number of Topliss-reactive ketones (excluding diaryl/α,β-unsaturated/α-hetero) is 1. The molecule has 270 valence electrons. The highest BCUT2D eigenvalue weighted by atomic mass is 16.7. The number of hydrogen-bond donors (Lipinski definition) is 1. The third-order valence-electron chi connectivity index (χ3n) is 15.3. The van der Waals surface area contributed by atoms with Gasteiger partial charge in [0.1, 0.15) is 6.10 Å². The number of nitrogens with zero attached hydrogens (tertiary/aromatic N) is 1. The van der Waals surface area contributed by atoms with Crippen LogP contribution in [0.25, 0.3) is 0 Å². The van der Waals surface area contributed by atoms with Crippen LogP contribution in [0, 0.1) is 45.3 Å². The highest BCUT2D eigenvalue weighted by molar-refractivity contribution is 5.90. The van der Waals surface area contributed by atoms with Gasteiger partial charge in [-0.2, -0.15) is 0 Å². The molecule has 12 atom stereocenters. The monoisotopic (exact) mass is 677 g/mol. The van der Waals surface area contributed by atoms with E-state index in [4.69, 9.17) is 18.9 Å². The summed E-state index contributed by atoms with van der Waals surface area (Å²) < 4.78 is 25.4. The number of carbonyl (C=O) groups excluding carboxylic acids is 2. The number of carbonyl (C=O) groups is 2. The van der Waals surface area contributed by atoms with Gasteiger partial charge in [0.05, 0.1) is 24.4 Å². The molecule has 8 nitrogen and oxygen atoms in total. The number of fused-ring (bicyclic) bond motifs is 4. The van der Waals surface area contributed by atoms with E-state index in [9.17, 15) is 14.7 Å². The lowest BCUT2D eigenvalue weighted by atomic mass is 9.46. The first kappa shape index (κ1) is 34.3. The van der Waals surface area contributed by atoms with Gasteiger partial charge in [0, 0.05) is 32.5 Å². The number of aliphatic hydroxyl groups is 1. The smallest absolute Gasteiger partial charge is 0.303 e. The van der Waals surface area contributed by atoms with E-state index in [1.165, 1.54) is 31.7 Å². The van der Waals surface area contributed by atoms with Crippen molar-refractivity contribution in [2.75, 3.05) is 19.7 Å². The molecule has 2 aliphatic heterocycles. The Bertz CT molecular complexity index is 1440. The second kappa shape index (κ2) is 11.8. The summed E-state index contributed by atoms with van der Waals surface area (Å²) in [6.45, 7) is 15.3. The Morgan fingerprint density at radius 3 is 2.51 bits per heavy atom. The molecule has 5 saturated carbocycles. The minimum atomic E-state index is -1.26. The van der Waals surface area contributed by atoms with Crippen LogP contribution >= 0.6 is 0 Å². The van der Waals surface area contributed by atoms with Crippen molar-refractivity contribution in [2.45, 2.75) is 142 Å². The second-order valence-corrected chi connectivity index (χ2v) is 18.6. The minimum absolute atomic E-state index is 0.0213. The number of hydrogen-bond acceptors (Lipinski definition) is 8. The van der Waals surface area contributed by atoms with Crippen molar-refractivity contribution >= 4 is 11.8 Å². The van der Waals surface area contributed by atoms with E-state index in [1.807, 2.05) is 0 Å². The highest BCUT2D eigenvalue weighted by Crippen LogP contribution is 2.87. The molecule has 2 heterocycles. The maximum atomic E-state index is 14.6. The summed E-state index contributed by atoms with van der Waals surface area (Å²) >= 11 is 0. The zero-order valence-corrected chi connectivity index (χ0v) is 30.6. The highest BCUT2D eigenvalue weighted by Gasteiger charge is 2.82. The van der Waals surface area contributed by atoms with Gasteiger partial charge >= 0.3 is 5.97 Å². The van der Waals surface area contributed by atoms with E-state index in [1.54, 1.807) is 13.8 Å². The summed E-state index contributed by atoms with van der Waals surface area (Å²) in [6.07, 6.45) is 7.79. The average molecular weight is 678 g/mol. The fourth-order valence-corrected chi connectivity index (χ4v) is 13.2. The Morgan fingerprint density at radius 1 is 1.02 bits per heavy atom. The summed E-state index contributed by atoms with van der Waals surface area (Å²) in [7, 11) is 0.